The van der Waals surface area contributed by atoms with Gasteiger partial charge in [0, 0.05) is 35.8 Å². The number of hydrogen-bond acceptors (Lipinski definition) is 3. The molecule has 0 atom stereocenters. The Morgan fingerprint density at radius 1 is 1.05 bits per heavy atom. The maximum Gasteiger partial charge on any atom is 0.0423 e. The molecule has 0 bridgehead atoms. The van der Waals surface area contributed by atoms with E-state index in [0.717, 1.165) is 23.6 Å². The molecule has 2 N–H and O–H groups in total. The maximum absolute atomic E-state index is 5.90. The summed E-state index contributed by atoms with van der Waals surface area (Å²) in [7, 11) is 0. The third kappa shape index (κ3) is 3.61. The van der Waals surface area contributed by atoms with Crippen LogP contribution in [-0.4, -0.2) is 37.1 Å². The highest BCUT2D eigenvalue weighted by Crippen LogP contribution is 2.29. The van der Waals surface area contributed by atoms with Gasteiger partial charge in [0.05, 0.1) is 0 Å². The Labute approximate surface area is 136 Å². The molecule has 0 radical (unpaired) electrons. The van der Waals surface area contributed by atoms with Gasteiger partial charge in [0.2, 0.25) is 0 Å². The molecule has 0 aromatic heterocycles. The summed E-state index contributed by atoms with van der Waals surface area (Å²) in [6.07, 6.45) is 6.78. The van der Waals surface area contributed by atoms with Gasteiger partial charge in [-0.25, -0.2) is 0 Å². The number of anilines is 1. The van der Waals surface area contributed by atoms with Crippen molar-refractivity contribution in [2.24, 2.45) is 5.73 Å². The van der Waals surface area contributed by atoms with Crippen LogP contribution in [0.1, 0.15) is 37.7 Å². The predicted molar refractivity (Wildman–Crippen MR) is 92.7 cm³/mol. The molecule has 0 saturated carbocycles. The average molecular weight is 352 g/mol. The lowest BCUT2D eigenvalue weighted by atomic mass is 9.99. The van der Waals surface area contributed by atoms with Crippen LogP contribution in [0.4, 0.5) is 5.69 Å². The molecule has 3 nitrogen and oxygen atoms in total. The smallest absolute Gasteiger partial charge is 0.0423 e. The number of halogens is 1. The van der Waals surface area contributed by atoms with Gasteiger partial charge in [-0.05, 0) is 56.5 Å². The molecule has 2 aliphatic rings. The summed E-state index contributed by atoms with van der Waals surface area (Å²) in [5.74, 6) is 0. The van der Waals surface area contributed by atoms with Gasteiger partial charge in [0.1, 0.15) is 0 Å². The Bertz CT molecular complexity index is 463. The van der Waals surface area contributed by atoms with Crippen molar-refractivity contribution in [1.82, 2.24) is 4.90 Å². The van der Waals surface area contributed by atoms with Crippen LogP contribution in [0.5, 0.6) is 0 Å². The van der Waals surface area contributed by atoms with Gasteiger partial charge in [-0.3, -0.25) is 0 Å². The van der Waals surface area contributed by atoms with Crippen molar-refractivity contribution in [2.75, 3.05) is 31.1 Å². The van der Waals surface area contributed by atoms with Crippen molar-refractivity contribution >= 4 is 21.6 Å². The van der Waals surface area contributed by atoms with Crippen LogP contribution in [0.25, 0.3) is 0 Å². The van der Waals surface area contributed by atoms with Gasteiger partial charge < -0.3 is 15.5 Å². The summed E-state index contributed by atoms with van der Waals surface area (Å²) in [4.78, 5) is 5.25. The van der Waals surface area contributed by atoms with Gasteiger partial charge in [0.15, 0.2) is 0 Å². The SMILES string of the molecule is NCc1ccc(Br)cc1N1CCC(N2CCCCC2)CC1. The second-order valence-electron chi connectivity index (χ2n) is 6.29. The Balaban J connectivity index is 1.64. The van der Waals surface area contributed by atoms with E-state index in [0.29, 0.717) is 6.54 Å². The van der Waals surface area contributed by atoms with Crippen LogP contribution >= 0.6 is 15.9 Å². The zero-order valence-electron chi connectivity index (χ0n) is 12.7. The first kappa shape index (κ1) is 15.3. The molecule has 0 spiro atoms. The van der Waals surface area contributed by atoms with Crippen LogP contribution < -0.4 is 10.6 Å². The molecule has 4 heteroatoms. The van der Waals surface area contributed by atoms with Gasteiger partial charge in [-0.15, -0.1) is 0 Å². The van der Waals surface area contributed by atoms with E-state index in [1.54, 1.807) is 0 Å². The minimum absolute atomic E-state index is 0.620. The highest BCUT2D eigenvalue weighted by atomic mass is 79.9. The Morgan fingerprint density at radius 3 is 2.43 bits per heavy atom. The van der Waals surface area contributed by atoms with E-state index in [1.165, 1.54) is 56.4 Å². The number of hydrogen-bond donors (Lipinski definition) is 1. The zero-order chi connectivity index (χ0) is 14.7. The van der Waals surface area contributed by atoms with Gasteiger partial charge in [-0.1, -0.05) is 28.4 Å². The highest BCUT2D eigenvalue weighted by molar-refractivity contribution is 9.10. The Kier molecular flexibility index (Phi) is 5.19. The molecule has 116 valence electrons. The third-order valence-corrected chi connectivity index (χ3v) is 5.47. The topological polar surface area (TPSA) is 32.5 Å². The van der Waals surface area contributed by atoms with Crippen LogP contribution in [0.15, 0.2) is 22.7 Å². The van der Waals surface area contributed by atoms with Crippen LogP contribution in [-0.2, 0) is 6.54 Å². The molecule has 0 unspecified atom stereocenters. The van der Waals surface area contributed by atoms with E-state index < -0.39 is 0 Å². The molecule has 2 heterocycles. The maximum atomic E-state index is 5.90. The van der Waals surface area contributed by atoms with Crippen LogP contribution in [0, 0.1) is 0 Å². The summed E-state index contributed by atoms with van der Waals surface area (Å²) in [6.45, 7) is 5.56. The zero-order valence-corrected chi connectivity index (χ0v) is 14.3. The van der Waals surface area contributed by atoms with Gasteiger partial charge in [-0.2, -0.15) is 0 Å². The molecule has 1 aromatic rings. The van der Waals surface area contributed by atoms with E-state index in [2.05, 4.69) is 43.9 Å². The second-order valence-corrected chi connectivity index (χ2v) is 7.21. The van der Waals surface area contributed by atoms with Crippen LogP contribution in [0.3, 0.4) is 0 Å². The summed E-state index contributed by atoms with van der Waals surface area (Å²) in [5, 5.41) is 0. The third-order valence-electron chi connectivity index (χ3n) is 4.98. The van der Waals surface area contributed by atoms with E-state index in [1.807, 2.05) is 0 Å². The summed E-state index contributed by atoms with van der Waals surface area (Å²) < 4.78 is 1.15. The Morgan fingerprint density at radius 2 is 1.76 bits per heavy atom. The van der Waals surface area contributed by atoms with Crippen molar-refractivity contribution in [1.29, 1.82) is 0 Å². The van der Waals surface area contributed by atoms with E-state index in [-0.39, 0.29) is 0 Å². The average Bonchev–Trinajstić information content (AvgIpc) is 2.56. The number of nitrogens with two attached hydrogens (primary N) is 1. The standard InChI is InChI=1S/C17H26BrN3/c18-15-5-4-14(13-19)17(12-15)21-10-6-16(7-11-21)20-8-2-1-3-9-20/h4-5,12,16H,1-3,6-11,13,19H2. The number of likely N-dealkylation sites (tertiary alicyclic amines) is 1. The molecule has 2 aliphatic heterocycles. The number of rotatable bonds is 3. The van der Waals surface area contributed by atoms with Crippen LogP contribution in [0.2, 0.25) is 0 Å². The molecule has 2 fully saturated rings. The van der Waals surface area contributed by atoms with Gasteiger partial charge >= 0.3 is 0 Å². The molecular weight excluding hydrogens is 326 g/mol. The molecule has 3 rings (SSSR count). The van der Waals surface area contributed by atoms with Gasteiger partial charge in [0.25, 0.3) is 0 Å². The molecular formula is C17H26BrN3. The first-order valence-corrected chi connectivity index (χ1v) is 9.05. The first-order valence-electron chi connectivity index (χ1n) is 8.25. The number of benzene rings is 1. The minimum atomic E-state index is 0.620. The fourth-order valence-corrected chi connectivity index (χ4v) is 4.11. The fourth-order valence-electron chi connectivity index (χ4n) is 3.76. The Hall–Kier alpha value is -0.580. The number of piperidine rings is 2. The molecule has 0 aliphatic carbocycles. The van der Waals surface area contributed by atoms with E-state index in [9.17, 15) is 0 Å². The molecule has 0 amide bonds. The lowest BCUT2D eigenvalue weighted by molar-refractivity contribution is 0.141. The largest absolute Gasteiger partial charge is 0.371 e. The molecule has 1 aromatic carbocycles. The predicted octanol–water partition coefficient (Wildman–Crippen LogP) is 3.36. The minimum Gasteiger partial charge on any atom is -0.371 e. The lowest BCUT2D eigenvalue weighted by Crippen LogP contribution is -2.47. The van der Waals surface area contributed by atoms with Crippen molar-refractivity contribution in [2.45, 2.75) is 44.7 Å². The highest BCUT2D eigenvalue weighted by Gasteiger charge is 2.26. The quantitative estimate of drug-likeness (QED) is 0.905. The van der Waals surface area contributed by atoms with E-state index in [4.69, 9.17) is 5.73 Å². The van der Waals surface area contributed by atoms with E-state index >= 15 is 0 Å². The molecule has 21 heavy (non-hydrogen) atoms. The monoisotopic (exact) mass is 351 g/mol. The summed E-state index contributed by atoms with van der Waals surface area (Å²) in [6, 6.07) is 7.26. The fraction of sp³-hybridized carbons (Fsp3) is 0.647. The first-order chi connectivity index (χ1) is 10.3. The van der Waals surface area contributed by atoms with Crippen molar-refractivity contribution < 1.29 is 0 Å². The number of nitrogens with zero attached hydrogens (tertiary/aromatic N) is 2. The van der Waals surface area contributed by atoms with Crippen molar-refractivity contribution in [3.8, 4) is 0 Å². The lowest BCUT2D eigenvalue weighted by Gasteiger charge is -2.41. The summed E-state index contributed by atoms with van der Waals surface area (Å²) >= 11 is 3.59. The summed E-state index contributed by atoms with van der Waals surface area (Å²) in [5.41, 5.74) is 8.48. The van der Waals surface area contributed by atoms with Crippen molar-refractivity contribution in [3.63, 3.8) is 0 Å². The normalized spacial score (nSPS) is 21.7. The molecule has 2 saturated heterocycles. The second kappa shape index (κ2) is 7.12. The van der Waals surface area contributed by atoms with Crippen molar-refractivity contribution in [3.05, 3.63) is 28.2 Å².